The minimum absolute atomic E-state index is 0.122. The fraction of sp³-hybridized carbons (Fsp3) is 0.600. The first-order valence-electron chi connectivity index (χ1n) is 6.48. The quantitative estimate of drug-likeness (QED) is 0.843. The molecule has 1 unspecified atom stereocenters. The number of rotatable bonds is 5. The van der Waals surface area contributed by atoms with Gasteiger partial charge >= 0.3 is 0 Å². The average molecular weight is 233 g/mol. The maximum atomic E-state index is 5.72. The van der Waals surface area contributed by atoms with Crippen LogP contribution < -0.4 is 5.32 Å². The van der Waals surface area contributed by atoms with Crippen LogP contribution in [0, 0.1) is 6.92 Å². The van der Waals surface area contributed by atoms with Gasteiger partial charge in [0.05, 0.1) is 5.60 Å². The van der Waals surface area contributed by atoms with E-state index in [2.05, 4.69) is 36.5 Å². The third kappa shape index (κ3) is 2.70. The Balaban J connectivity index is 2.11. The molecule has 1 atom stereocenters. The van der Waals surface area contributed by atoms with Crippen molar-refractivity contribution in [3.8, 4) is 0 Å². The topological polar surface area (TPSA) is 21.3 Å². The minimum atomic E-state index is 0.122. The Hall–Kier alpha value is -0.860. The van der Waals surface area contributed by atoms with Crippen molar-refractivity contribution in [3.05, 3.63) is 35.4 Å². The molecule has 1 aromatic rings. The fourth-order valence-corrected chi connectivity index (χ4v) is 2.71. The third-order valence-corrected chi connectivity index (χ3v) is 4.07. The van der Waals surface area contributed by atoms with Gasteiger partial charge < -0.3 is 10.1 Å². The van der Waals surface area contributed by atoms with Gasteiger partial charge in [0.25, 0.3) is 0 Å². The van der Waals surface area contributed by atoms with Gasteiger partial charge in [-0.3, -0.25) is 0 Å². The highest BCUT2D eigenvalue weighted by molar-refractivity contribution is 5.25. The van der Waals surface area contributed by atoms with Crippen LogP contribution in [-0.4, -0.2) is 19.8 Å². The molecule has 0 radical (unpaired) electrons. The molecule has 0 aliphatic heterocycles. The number of nitrogens with one attached hydrogen (secondary N) is 1. The average Bonchev–Trinajstić information content (AvgIpc) is 2.29. The molecule has 1 aliphatic carbocycles. The highest BCUT2D eigenvalue weighted by atomic mass is 16.5. The summed E-state index contributed by atoms with van der Waals surface area (Å²) in [4.78, 5) is 0. The van der Waals surface area contributed by atoms with E-state index in [1.54, 1.807) is 0 Å². The van der Waals surface area contributed by atoms with Crippen LogP contribution in [-0.2, 0) is 4.74 Å². The monoisotopic (exact) mass is 233 g/mol. The molecular weight excluding hydrogens is 210 g/mol. The Bertz CT molecular complexity index is 365. The Morgan fingerprint density at radius 3 is 2.65 bits per heavy atom. The van der Waals surface area contributed by atoms with Crippen molar-refractivity contribution in [2.45, 2.75) is 44.2 Å². The molecule has 0 amide bonds. The molecule has 0 saturated heterocycles. The van der Waals surface area contributed by atoms with Crippen LogP contribution in [0.4, 0.5) is 0 Å². The van der Waals surface area contributed by atoms with E-state index < -0.39 is 0 Å². The van der Waals surface area contributed by atoms with Crippen LogP contribution in [0.1, 0.15) is 42.9 Å². The summed E-state index contributed by atoms with van der Waals surface area (Å²) < 4.78 is 5.72. The van der Waals surface area contributed by atoms with E-state index in [1.165, 1.54) is 30.4 Å². The summed E-state index contributed by atoms with van der Waals surface area (Å²) in [5, 5.41) is 3.42. The van der Waals surface area contributed by atoms with Gasteiger partial charge in [-0.2, -0.15) is 0 Å². The molecular formula is C15H23NO. The van der Waals surface area contributed by atoms with Crippen molar-refractivity contribution < 1.29 is 4.74 Å². The standard InChI is InChI=1S/C15H23NO/c1-12-6-4-7-13(10-12)14(16-2)11-15(17-3)8-5-9-15/h4,6-7,10,14,16H,5,8-9,11H2,1-3H3. The Kier molecular flexibility index (Phi) is 3.85. The number of ether oxygens (including phenoxy) is 1. The first kappa shape index (κ1) is 12.6. The van der Waals surface area contributed by atoms with Crippen LogP contribution in [0.5, 0.6) is 0 Å². The molecule has 2 heteroatoms. The van der Waals surface area contributed by atoms with Crippen molar-refractivity contribution in [3.63, 3.8) is 0 Å². The number of hydrogen-bond donors (Lipinski definition) is 1. The lowest BCUT2D eigenvalue weighted by Crippen LogP contribution is -2.42. The first-order valence-corrected chi connectivity index (χ1v) is 6.48. The molecule has 2 nitrogen and oxygen atoms in total. The molecule has 1 N–H and O–H groups in total. The number of aryl methyl sites for hydroxylation is 1. The highest BCUT2D eigenvalue weighted by Gasteiger charge is 2.38. The van der Waals surface area contributed by atoms with E-state index in [0.717, 1.165) is 6.42 Å². The zero-order valence-corrected chi connectivity index (χ0v) is 11.1. The largest absolute Gasteiger partial charge is 0.378 e. The van der Waals surface area contributed by atoms with E-state index in [4.69, 9.17) is 4.74 Å². The van der Waals surface area contributed by atoms with Crippen molar-refractivity contribution in [1.82, 2.24) is 5.32 Å². The predicted molar refractivity (Wildman–Crippen MR) is 71.2 cm³/mol. The lowest BCUT2D eigenvalue weighted by atomic mass is 9.74. The zero-order valence-electron chi connectivity index (χ0n) is 11.1. The summed E-state index contributed by atoms with van der Waals surface area (Å²) in [5.74, 6) is 0. The lowest BCUT2D eigenvalue weighted by molar-refractivity contribution is -0.0834. The smallest absolute Gasteiger partial charge is 0.0697 e. The molecule has 1 fully saturated rings. The molecule has 1 saturated carbocycles. The van der Waals surface area contributed by atoms with Crippen LogP contribution in [0.3, 0.4) is 0 Å². The maximum absolute atomic E-state index is 5.72. The van der Waals surface area contributed by atoms with E-state index in [-0.39, 0.29) is 5.60 Å². The van der Waals surface area contributed by atoms with Gasteiger partial charge in [0.15, 0.2) is 0 Å². The van der Waals surface area contributed by atoms with Crippen LogP contribution in [0.25, 0.3) is 0 Å². The molecule has 94 valence electrons. The van der Waals surface area contributed by atoms with Crippen molar-refractivity contribution >= 4 is 0 Å². The van der Waals surface area contributed by atoms with Crippen LogP contribution in [0.15, 0.2) is 24.3 Å². The number of methoxy groups -OCH3 is 1. The van der Waals surface area contributed by atoms with Gasteiger partial charge in [0.2, 0.25) is 0 Å². The van der Waals surface area contributed by atoms with Crippen molar-refractivity contribution in [1.29, 1.82) is 0 Å². The van der Waals surface area contributed by atoms with Gasteiger partial charge in [-0.15, -0.1) is 0 Å². The van der Waals surface area contributed by atoms with Crippen molar-refractivity contribution in [2.24, 2.45) is 0 Å². The molecule has 1 aliphatic rings. The maximum Gasteiger partial charge on any atom is 0.0697 e. The highest BCUT2D eigenvalue weighted by Crippen LogP contribution is 2.41. The molecule has 0 spiro atoms. The first-order chi connectivity index (χ1) is 8.19. The summed E-state index contributed by atoms with van der Waals surface area (Å²) in [6.45, 7) is 2.14. The van der Waals surface area contributed by atoms with Crippen LogP contribution in [0.2, 0.25) is 0 Å². The van der Waals surface area contributed by atoms with E-state index in [9.17, 15) is 0 Å². The summed E-state index contributed by atoms with van der Waals surface area (Å²) in [6.07, 6.45) is 4.78. The summed E-state index contributed by atoms with van der Waals surface area (Å²) >= 11 is 0. The van der Waals surface area contributed by atoms with Crippen LogP contribution >= 0.6 is 0 Å². The summed E-state index contributed by atoms with van der Waals surface area (Å²) in [6, 6.07) is 9.15. The van der Waals surface area contributed by atoms with E-state index in [0.29, 0.717) is 6.04 Å². The second-order valence-corrected chi connectivity index (χ2v) is 5.20. The van der Waals surface area contributed by atoms with Gasteiger partial charge in [-0.25, -0.2) is 0 Å². The van der Waals surface area contributed by atoms with Gasteiger partial charge in [0.1, 0.15) is 0 Å². The molecule has 0 heterocycles. The SMILES string of the molecule is CNC(CC1(OC)CCC1)c1cccc(C)c1. The predicted octanol–water partition coefficient (Wildman–Crippen LogP) is 3.21. The number of hydrogen-bond acceptors (Lipinski definition) is 2. The molecule has 1 aromatic carbocycles. The number of benzene rings is 1. The Morgan fingerprint density at radius 1 is 1.41 bits per heavy atom. The van der Waals surface area contributed by atoms with Gasteiger partial charge in [-0.05, 0) is 45.2 Å². The second-order valence-electron chi connectivity index (χ2n) is 5.20. The summed E-state index contributed by atoms with van der Waals surface area (Å²) in [7, 11) is 3.89. The Labute approximate surface area is 104 Å². The van der Waals surface area contributed by atoms with Crippen molar-refractivity contribution in [2.75, 3.05) is 14.2 Å². The molecule has 17 heavy (non-hydrogen) atoms. The van der Waals surface area contributed by atoms with E-state index in [1.807, 2.05) is 14.2 Å². The van der Waals surface area contributed by atoms with Gasteiger partial charge in [-0.1, -0.05) is 29.8 Å². The second kappa shape index (κ2) is 5.19. The minimum Gasteiger partial charge on any atom is -0.378 e. The molecule has 0 bridgehead atoms. The summed E-state index contributed by atoms with van der Waals surface area (Å²) in [5.41, 5.74) is 2.82. The van der Waals surface area contributed by atoms with Gasteiger partial charge in [0, 0.05) is 13.2 Å². The molecule has 2 rings (SSSR count). The normalized spacial score (nSPS) is 19.7. The third-order valence-electron chi connectivity index (χ3n) is 4.07. The fourth-order valence-electron chi connectivity index (χ4n) is 2.71. The van der Waals surface area contributed by atoms with E-state index >= 15 is 0 Å². The Morgan fingerprint density at radius 2 is 2.18 bits per heavy atom. The molecule has 0 aromatic heterocycles. The lowest BCUT2D eigenvalue weighted by Gasteiger charge is -2.43. The zero-order chi connectivity index (χ0) is 12.3.